The molecule has 1 rings (SSSR count). The molecular formula is C19H33N2O4S+. The second kappa shape index (κ2) is 10.6. The molecule has 2 N–H and O–H groups in total. The maximum atomic E-state index is 12.2. The molecule has 0 aliphatic rings. The molecule has 7 heteroatoms. The Morgan fingerprint density at radius 1 is 1.15 bits per heavy atom. The van der Waals surface area contributed by atoms with Crippen molar-refractivity contribution in [2.45, 2.75) is 32.6 Å². The Morgan fingerprint density at radius 3 is 2.38 bits per heavy atom. The van der Waals surface area contributed by atoms with Gasteiger partial charge in [-0.15, -0.1) is 0 Å². The Kier molecular flexibility index (Phi) is 9.25. The monoisotopic (exact) mass is 385 g/mol. The molecule has 0 bridgehead atoms. The Labute approximate surface area is 157 Å². The third-order valence-corrected chi connectivity index (χ3v) is 5.37. The number of nitrogens with one attached hydrogen (secondary N) is 1. The fourth-order valence-corrected chi connectivity index (χ4v) is 3.33. The molecular weight excluding hydrogens is 352 g/mol. The van der Waals surface area contributed by atoms with E-state index in [1.165, 1.54) is 5.56 Å². The Morgan fingerprint density at radius 2 is 1.77 bits per heavy atom. The maximum absolute atomic E-state index is 12.2. The molecule has 0 heterocycles. The van der Waals surface area contributed by atoms with E-state index in [-0.39, 0.29) is 17.6 Å². The lowest BCUT2D eigenvalue weighted by molar-refractivity contribution is -0.890. The number of quaternary nitrogens is 1. The SMILES string of the molecule is CC(CCc1ccccc1)C(=O)NCCC[N+](C)(C)CCCS(=O)(=O)O. The number of amides is 1. The lowest BCUT2D eigenvalue weighted by Crippen LogP contribution is -2.43. The molecule has 0 radical (unpaired) electrons. The quantitative estimate of drug-likeness (QED) is 0.328. The van der Waals surface area contributed by atoms with Crippen LogP contribution in [0.2, 0.25) is 0 Å². The molecule has 0 aliphatic carbocycles. The van der Waals surface area contributed by atoms with Crippen molar-refractivity contribution in [3.05, 3.63) is 35.9 Å². The standard InChI is InChI=1S/C19H32N2O4S/c1-17(11-12-18-9-5-4-6-10-18)19(22)20-13-7-14-21(2,3)15-8-16-26(23,24)25/h4-6,9-10,17H,7-8,11-16H2,1-3H3,(H-,20,22,23,24,25)/p+1. The van der Waals surface area contributed by atoms with Gasteiger partial charge in [0.15, 0.2) is 0 Å². The van der Waals surface area contributed by atoms with Crippen LogP contribution in [0.1, 0.15) is 31.7 Å². The van der Waals surface area contributed by atoms with E-state index in [1.54, 1.807) is 0 Å². The van der Waals surface area contributed by atoms with Crippen LogP contribution in [0.3, 0.4) is 0 Å². The number of hydrogen-bond donors (Lipinski definition) is 2. The first-order valence-corrected chi connectivity index (χ1v) is 10.8. The highest BCUT2D eigenvalue weighted by Crippen LogP contribution is 2.09. The summed E-state index contributed by atoms with van der Waals surface area (Å²) in [5, 5.41) is 2.99. The van der Waals surface area contributed by atoms with Crippen molar-refractivity contribution in [3.63, 3.8) is 0 Å². The van der Waals surface area contributed by atoms with E-state index >= 15 is 0 Å². The number of hydrogen-bond acceptors (Lipinski definition) is 3. The minimum absolute atomic E-state index is 0.0209. The van der Waals surface area contributed by atoms with Crippen LogP contribution in [0, 0.1) is 5.92 Å². The summed E-state index contributed by atoms with van der Waals surface area (Å²) in [6.45, 7) is 4.08. The van der Waals surface area contributed by atoms with Gasteiger partial charge in [-0.05, 0) is 18.4 Å². The van der Waals surface area contributed by atoms with Crippen molar-refractivity contribution < 1.29 is 22.2 Å². The number of aryl methyl sites for hydroxylation is 1. The van der Waals surface area contributed by atoms with Crippen LogP contribution in [-0.4, -0.2) is 62.8 Å². The highest BCUT2D eigenvalue weighted by molar-refractivity contribution is 7.85. The molecule has 0 spiro atoms. The molecule has 1 aromatic rings. The van der Waals surface area contributed by atoms with E-state index in [2.05, 4.69) is 17.4 Å². The number of carbonyl (C=O) groups is 1. The normalized spacial score (nSPS) is 13.4. The molecule has 6 nitrogen and oxygen atoms in total. The van der Waals surface area contributed by atoms with Gasteiger partial charge in [0, 0.05) is 25.3 Å². The number of carbonyl (C=O) groups excluding carboxylic acids is 1. The third kappa shape index (κ3) is 10.5. The first-order chi connectivity index (χ1) is 12.1. The van der Waals surface area contributed by atoms with Crippen LogP contribution >= 0.6 is 0 Å². The fraction of sp³-hybridized carbons (Fsp3) is 0.632. The van der Waals surface area contributed by atoms with E-state index in [1.807, 2.05) is 39.2 Å². The highest BCUT2D eigenvalue weighted by Gasteiger charge is 2.17. The van der Waals surface area contributed by atoms with Gasteiger partial charge in [0.1, 0.15) is 0 Å². The van der Waals surface area contributed by atoms with Gasteiger partial charge in [0.25, 0.3) is 10.1 Å². The van der Waals surface area contributed by atoms with Gasteiger partial charge >= 0.3 is 0 Å². The Balaban J connectivity index is 2.19. The third-order valence-electron chi connectivity index (χ3n) is 4.56. The Bertz CT molecular complexity index is 645. The Hall–Kier alpha value is -1.44. The molecule has 148 valence electrons. The average molecular weight is 386 g/mol. The predicted octanol–water partition coefficient (Wildman–Crippen LogP) is 2.12. The van der Waals surface area contributed by atoms with Crippen LogP contribution in [0.5, 0.6) is 0 Å². The van der Waals surface area contributed by atoms with Crippen molar-refractivity contribution in [2.24, 2.45) is 5.92 Å². The molecule has 1 amide bonds. The predicted molar refractivity (Wildman–Crippen MR) is 104 cm³/mol. The van der Waals surface area contributed by atoms with Crippen molar-refractivity contribution in [1.82, 2.24) is 5.32 Å². The summed E-state index contributed by atoms with van der Waals surface area (Å²) >= 11 is 0. The lowest BCUT2D eigenvalue weighted by Gasteiger charge is -2.29. The summed E-state index contributed by atoms with van der Waals surface area (Å²) in [5.74, 6) is -0.144. The maximum Gasteiger partial charge on any atom is 0.265 e. The molecule has 1 aromatic carbocycles. The van der Waals surface area contributed by atoms with Crippen LogP contribution in [0.25, 0.3) is 0 Å². The van der Waals surface area contributed by atoms with Gasteiger partial charge in [-0.3, -0.25) is 9.35 Å². The largest absolute Gasteiger partial charge is 0.356 e. The van der Waals surface area contributed by atoms with Crippen LogP contribution in [0.15, 0.2) is 30.3 Å². The molecule has 26 heavy (non-hydrogen) atoms. The summed E-state index contributed by atoms with van der Waals surface area (Å²) in [5.41, 5.74) is 1.25. The van der Waals surface area contributed by atoms with E-state index in [9.17, 15) is 13.2 Å². The zero-order chi connectivity index (χ0) is 19.6. The molecule has 0 saturated carbocycles. The molecule has 0 saturated heterocycles. The van der Waals surface area contributed by atoms with E-state index < -0.39 is 10.1 Å². The number of benzene rings is 1. The minimum atomic E-state index is -3.89. The first kappa shape index (κ1) is 22.6. The summed E-state index contributed by atoms with van der Waals surface area (Å²) in [7, 11) is 0.159. The topological polar surface area (TPSA) is 83.5 Å². The molecule has 0 aliphatic heterocycles. The zero-order valence-corrected chi connectivity index (χ0v) is 17.0. The number of rotatable bonds is 12. The second-order valence-electron chi connectivity index (χ2n) is 7.59. The molecule has 0 aromatic heterocycles. The summed E-state index contributed by atoms with van der Waals surface area (Å²) in [6.07, 6.45) is 2.98. The zero-order valence-electron chi connectivity index (χ0n) is 16.1. The fourth-order valence-electron chi connectivity index (χ4n) is 2.84. The summed E-state index contributed by atoms with van der Waals surface area (Å²) < 4.78 is 31.0. The van der Waals surface area contributed by atoms with Crippen molar-refractivity contribution in [3.8, 4) is 0 Å². The van der Waals surface area contributed by atoms with Gasteiger partial charge in [-0.2, -0.15) is 8.42 Å². The number of nitrogens with zero attached hydrogens (tertiary/aromatic N) is 1. The van der Waals surface area contributed by atoms with Gasteiger partial charge in [-0.1, -0.05) is 37.3 Å². The second-order valence-corrected chi connectivity index (χ2v) is 9.16. The minimum Gasteiger partial charge on any atom is -0.356 e. The van der Waals surface area contributed by atoms with Crippen molar-refractivity contribution >= 4 is 16.0 Å². The summed E-state index contributed by atoms with van der Waals surface area (Å²) in [6, 6.07) is 10.2. The smallest absolute Gasteiger partial charge is 0.265 e. The van der Waals surface area contributed by atoms with Gasteiger partial charge in [0.05, 0.1) is 32.9 Å². The van der Waals surface area contributed by atoms with Crippen LogP contribution in [-0.2, 0) is 21.3 Å². The van der Waals surface area contributed by atoms with Gasteiger partial charge in [0.2, 0.25) is 5.91 Å². The van der Waals surface area contributed by atoms with Crippen molar-refractivity contribution in [1.29, 1.82) is 0 Å². The van der Waals surface area contributed by atoms with Crippen LogP contribution in [0.4, 0.5) is 0 Å². The van der Waals surface area contributed by atoms with Gasteiger partial charge in [-0.25, -0.2) is 0 Å². The highest BCUT2D eigenvalue weighted by atomic mass is 32.2. The molecule has 1 atom stereocenters. The van der Waals surface area contributed by atoms with E-state index in [4.69, 9.17) is 4.55 Å². The van der Waals surface area contributed by atoms with Crippen LogP contribution < -0.4 is 5.32 Å². The van der Waals surface area contributed by atoms with E-state index in [0.29, 0.717) is 24.0 Å². The molecule has 1 unspecified atom stereocenters. The average Bonchev–Trinajstić information content (AvgIpc) is 2.56. The van der Waals surface area contributed by atoms with Crippen molar-refractivity contribution in [2.75, 3.05) is 39.5 Å². The summed E-state index contributed by atoms with van der Waals surface area (Å²) in [4.78, 5) is 12.2. The van der Waals surface area contributed by atoms with Gasteiger partial charge < -0.3 is 9.80 Å². The van der Waals surface area contributed by atoms with E-state index in [0.717, 1.165) is 25.8 Å². The molecule has 0 fully saturated rings. The lowest BCUT2D eigenvalue weighted by atomic mass is 10.0. The first-order valence-electron chi connectivity index (χ1n) is 9.18.